The molecule has 1 heterocycles. The summed E-state index contributed by atoms with van der Waals surface area (Å²) in [6, 6.07) is 7.00. The molecule has 1 fully saturated rings. The Balaban J connectivity index is 2.31. The van der Waals surface area contributed by atoms with E-state index in [1.165, 1.54) is 7.11 Å². The number of esters is 1. The Hall–Kier alpha value is -1.88. The molecule has 5 nitrogen and oxygen atoms in total. The van der Waals surface area contributed by atoms with Crippen molar-refractivity contribution in [2.24, 2.45) is 5.92 Å². The first kappa shape index (κ1) is 14.5. The summed E-state index contributed by atoms with van der Waals surface area (Å²) < 4.78 is 10.0. The van der Waals surface area contributed by atoms with Crippen molar-refractivity contribution < 1.29 is 19.1 Å². The van der Waals surface area contributed by atoms with Crippen LogP contribution in [0.15, 0.2) is 24.3 Å². The fourth-order valence-corrected chi connectivity index (χ4v) is 2.39. The number of hydrogen-bond donors (Lipinski definition) is 0. The van der Waals surface area contributed by atoms with Crippen LogP contribution in [0.5, 0.6) is 0 Å². The normalized spacial score (nSPS) is 17.8. The van der Waals surface area contributed by atoms with Crippen LogP contribution >= 0.6 is 0 Å². The molecule has 1 saturated heterocycles. The minimum absolute atomic E-state index is 0.00125. The van der Waals surface area contributed by atoms with Crippen LogP contribution < -0.4 is 4.90 Å². The van der Waals surface area contributed by atoms with Gasteiger partial charge in [0.2, 0.25) is 5.91 Å². The standard InChI is InChI=1S/C15H19NO4/c1-3-16(14(17)11-8-9-20-10-11)13-7-5-4-6-12(13)15(18)19-2/h4-7,11H,3,8-10H2,1-2H3/t11-/m0/s1. The van der Waals surface area contributed by atoms with Crippen molar-refractivity contribution in [3.63, 3.8) is 0 Å². The highest BCUT2D eigenvalue weighted by molar-refractivity contribution is 6.03. The number of rotatable bonds is 4. The molecule has 0 saturated carbocycles. The van der Waals surface area contributed by atoms with Crippen LogP contribution in [0.3, 0.4) is 0 Å². The van der Waals surface area contributed by atoms with Crippen molar-refractivity contribution in [2.75, 3.05) is 31.8 Å². The summed E-state index contributed by atoms with van der Waals surface area (Å²) in [6.07, 6.45) is 0.732. The summed E-state index contributed by atoms with van der Waals surface area (Å²) in [5, 5.41) is 0. The van der Waals surface area contributed by atoms with E-state index in [1.807, 2.05) is 13.0 Å². The summed E-state index contributed by atoms with van der Waals surface area (Å²) in [5.41, 5.74) is 1.00. The number of nitrogens with zero attached hydrogens (tertiary/aromatic N) is 1. The number of carbonyl (C=O) groups excluding carboxylic acids is 2. The molecule has 20 heavy (non-hydrogen) atoms. The molecule has 0 aliphatic carbocycles. The number of hydrogen-bond acceptors (Lipinski definition) is 4. The molecule has 2 rings (SSSR count). The second-order valence-electron chi connectivity index (χ2n) is 4.65. The maximum atomic E-state index is 12.5. The smallest absolute Gasteiger partial charge is 0.339 e. The first-order chi connectivity index (χ1) is 9.69. The molecule has 5 heteroatoms. The van der Waals surface area contributed by atoms with Crippen molar-refractivity contribution in [1.29, 1.82) is 0 Å². The quantitative estimate of drug-likeness (QED) is 0.788. The third kappa shape index (κ3) is 2.82. The first-order valence-corrected chi connectivity index (χ1v) is 6.75. The molecule has 1 atom stereocenters. The number of carbonyl (C=O) groups is 2. The van der Waals surface area contributed by atoms with Crippen molar-refractivity contribution >= 4 is 17.6 Å². The van der Waals surface area contributed by atoms with E-state index in [0.29, 0.717) is 31.0 Å². The predicted molar refractivity (Wildman–Crippen MR) is 74.7 cm³/mol. The van der Waals surface area contributed by atoms with Gasteiger partial charge in [-0.3, -0.25) is 4.79 Å². The maximum absolute atomic E-state index is 12.5. The molecular weight excluding hydrogens is 258 g/mol. The topological polar surface area (TPSA) is 55.8 Å². The van der Waals surface area contributed by atoms with Gasteiger partial charge >= 0.3 is 5.97 Å². The summed E-state index contributed by atoms with van der Waals surface area (Å²) in [5.74, 6) is -0.559. The average Bonchev–Trinajstić information content (AvgIpc) is 3.02. The molecule has 0 spiro atoms. The molecule has 1 aromatic rings. The van der Waals surface area contributed by atoms with E-state index in [1.54, 1.807) is 23.1 Å². The summed E-state index contributed by atoms with van der Waals surface area (Å²) >= 11 is 0. The Labute approximate surface area is 118 Å². The molecule has 1 aliphatic rings. The van der Waals surface area contributed by atoms with Gasteiger partial charge in [0.05, 0.1) is 30.9 Å². The van der Waals surface area contributed by atoms with Crippen molar-refractivity contribution in [3.05, 3.63) is 29.8 Å². The number of para-hydroxylation sites is 1. The predicted octanol–water partition coefficient (Wildman–Crippen LogP) is 1.86. The van der Waals surface area contributed by atoms with Crippen molar-refractivity contribution in [1.82, 2.24) is 0 Å². The van der Waals surface area contributed by atoms with Gasteiger partial charge in [-0.15, -0.1) is 0 Å². The molecular formula is C15H19NO4. The van der Waals surface area contributed by atoms with E-state index in [9.17, 15) is 9.59 Å². The molecule has 0 N–H and O–H groups in total. The molecule has 1 amide bonds. The van der Waals surface area contributed by atoms with Gasteiger partial charge in [-0.25, -0.2) is 4.79 Å². The van der Waals surface area contributed by atoms with E-state index >= 15 is 0 Å². The molecule has 0 radical (unpaired) electrons. The van der Waals surface area contributed by atoms with E-state index < -0.39 is 5.97 Å². The van der Waals surface area contributed by atoms with Gasteiger partial charge in [0.25, 0.3) is 0 Å². The van der Waals surface area contributed by atoms with Crippen LogP contribution in [0.2, 0.25) is 0 Å². The highest BCUT2D eigenvalue weighted by Crippen LogP contribution is 2.25. The van der Waals surface area contributed by atoms with Gasteiger partial charge < -0.3 is 14.4 Å². The number of anilines is 1. The Kier molecular flexibility index (Phi) is 4.74. The lowest BCUT2D eigenvalue weighted by Gasteiger charge is -2.25. The lowest BCUT2D eigenvalue weighted by molar-refractivity contribution is -0.122. The molecule has 0 bridgehead atoms. The van der Waals surface area contributed by atoms with Crippen LogP contribution in [0.1, 0.15) is 23.7 Å². The Bertz CT molecular complexity index is 494. The highest BCUT2D eigenvalue weighted by Gasteiger charge is 2.29. The van der Waals surface area contributed by atoms with Gasteiger partial charge in [-0.05, 0) is 25.5 Å². The highest BCUT2D eigenvalue weighted by atomic mass is 16.5. The SMILES string of the molecule is CCN(C(=O)[C@H]1CCOC1)c1ccccc1C(=O)OC. The Morgan fingerprint density at radius 1 is 1.40 bits per heavy atom. The number of ether oxygens (including phenoxy) is 2. The number of amides is 1. The zero-order valence-electron chi connectivity index (χ0n) is 11.8. The number of benzene rings is 1. The molecule has 108 valence electrons. The Morgan fingerprint density at radius 2 is 2.15 bits per heavy atom. The van der Waals surface area contributed by atoms with Gasteiger partial charge in [0, 0.05) is 13.2 Å². The average molecular weight is 277 g/mol. The second kappa shape index (κ2) is 6.52. The van der Waals surface area contributed by atoms with Crippen molar-refractivity contribution in [2.45, 2.75) is 13.3 Å². The van der Waals surface area contributed by atoms with Crippen LogP contribution in [-0.2, 0) is 14.3 Å². The molecule has 1 aliphatic heterocycles. The van der Waals surface area contributed by atoms with Gasteiger partial charge in [-0.1, -0.05) is 12.1 Å². The summed E-state index contributed by atoms with van der Waals surface area (Å²) in [6.45, 7) is 3.47. The Morgan fingerprint density at radius 3 is 2.75 bits per heavy atom. The number of methoxy groups -OCH3 is 1. The lowest BCUT2D eigenvalue weighted by Crippen LogP contribution is -2.37. The molecule has 1 aromatic carbocycles. The molecule has 0 unspecified atom stereocenters. The molecule has 0 aromatic heterocycles. The third-order valence-corrected chi connectivity index (χ3v) is 3.46. The maximum Gasteiger partial charge on any atom is 0.339 e. The van der Waals surface area contributed by atoms with E-state index in [0.717, 1.165) is 6.42 Å². The zero-order chi connectivity index (χ0) is 14.5. The minimum Gasteiger partial charge on any atom is -0.465 e. The summed E-state index contributed by atoms with van der Waals surface area (Å²) in [7, 11) is 1.34. The van der Waals surface area contributed by atoms with Crippen molar-refractivity contribution in [3.8, 4) is 0 Å². The third-order valence-electron chi connectivity index (χ3n) is 3.46. The monoisotopic (exact) mass is 277 g/mol. The van der Waals surface area contributed by atoms with Crippen LogP contribution in [0.4, 0.5) is 5.69 Å². The fourth-order valence-electron chi connectivity index (χ4n) is 2.39. The lowest BCUT2D eigenvalue weighted by atomic mass is 10.1. The van der Waals surface area contributed by atoms with E-state index in [2.05, 4.69) is 0 Å². The second-order valence-corrected chi connectivity index (χ2v) is 4.65. The first-order valence-electron chi connectivity index (χ1n) is 6.75. The van der Waals surface area contributed by atoms with E-state index in [4.69, 9.17) is 9.47 Å². The van der Waals surface area contributed by atoms with Gasteiger partial charge in [0.15, 0.2) is 0 Å². The minimum atomic E-state index is -0.436. The van der Waals surface area contributed by atoms with Gasteiger partial charge in [-0.2, -0.15) is 0 Å². The van der Waals surface area contributed by atoms with Crippen LogP contribution in [-0.4, -0.2) is 38.7 Å². The van der Waals surface area contributed by atoms with E-state index in [-0.39, 0.29) is 11.8 Å². The van der Waals surface area contributed by atoms with Gasteiger partial charge in [0.1, 0.15) is 0 Å². The van der Waals surface area contributed by atoms with Crippen LogP contribution in [0.25, 0.3) is 0 Å². The largest absolute Gasteiger partial charge is 0.465 e. The fraction of sp³-hybridized carbons (Fsp3) is 0.467. The van der Waals surface area contributed by atoms with Crippen LogP contribution in [0, 0.1) is 5.92 Å². The zero-order valence-corrected chi connectivity index (χ0v) is 11.8. The summed E-state index contributed by atoms with van der Waals surface area (Å²) in [4.78, 5) is 26.0.